The van der Waals surface area contributed by atoms with E-state index in [-0.39, 0.29) is 5.56 Å². The molecule has 0 aliphatic heterocycles. The Morgan fingerprint density at radius 1 is 1.28 bits per heavy atom. The highest BCUT2D eigenvalue weighted by Gasteiger charge is 2.26. The van der Waals surface area contributed by atoms with Gasteiger partial charge in [0.15, 0.2) is 0 Å². The number of fused-ring (bicyclic) bond motifs is 1. The fourth-order valence-corrected chi connectivity index (χ4v) is 5.65. The van der Waals surface area contributed by atoms with Crippen LogP contribution in [-0.2, 0) is 11.3 Å². The van der Waals surface area contributed by atoms with Crippen molar-refractivity contribution in [2.75, 3.05) is 13.7 Å². The van der Waals surface area contributed by atoms with Gasteiger partial charge in [0.05, 0.1) is 25.1 Å². The SMILES string of the molecule is COC(=O)c1sc2nc(CN(CC(O)c3ccccc3)C3CCCCC3)[nH]c(=O)c2c1C. The van der Waals surface area contributed by atoms with E-state index in [1.54, 1.807) is 6.92 Å². The lowest BCUT2D eigenvalue weighted by molar-refractivity contribution is 0.0605. The van der Waals surface area contributed by atoms with Crippen molar-refractivity contribution in [3.05, 3.63) is 62.5 Å². The van der Waals surface area contributed by atoms with Crippen LogP contribution in [-0.4, -0.2) is 45.6 Å². The van der Waals surface area contributed by atoms with Crippen LogP contribution in [0.25, 0.3) is 10.2 Å². The number of aromatic nitrogens is 2. The Hall–Kier alpha value is -2.55. The van der Waals surface area contributed by atoms with Gasteiger partial charge in [0.25, 0.3) is 5.56 Å². The molecule has 8 heteroatoms. The van der Waals surface area contributed by atoms with Crippen molar-refractivity contribution < 1.29 is 14.6 Å². The summed E-state index contributed by atoms with van der Waals surface area (Å²) in [6, 6.07) is 9.98. The number of aliphatic hydroxyl groups excluding tert-OH is 1. The molecule has 1 unspecified atom stereocenters. The van der Waals surface area contributed by atoms with Gasteiger partial charge in [0.2, 0.25) is 0 Å². The van der Waals surface area contributed by atoms with Crippen LogP contribution in [0.3, 0.4) is 0 Å². The van der Waals surface area contributed by atoms with Crippen LogP contribution < -0.4 is 5.56 Å². The minimum absolute atomic E-state index is 0.249. The molecular weight excluding hydrogens is 426 g/mol. The zero-order valence-corrected chi connectivity index (χ0v) is 19.3. The average molecular weight is 456 g/mol. The van der Waals surface area contributed by atoms with Gasteiger partial charge in [-0.15, -0.1) is 11.3 Å². The van der Waals surface area contributed by atoms with Crippen LogP contribution in [0.15, 0.2) is 35.1 Å². The van der Waals surface area contributed by atoms with Crippen LogP contribution in [0.2, 0.25) is 0 Å². The van der Waals surface area contributed by atoms with Gasteiger partial charge in [-0.2, -0.15) is 0 Å². The molecule has 1 atom stereocenters. The molecule has 0 amide bonds. The number of esters is 1. The first kappa shape index (κ1) is 22.6. The third kappa shape index (κ3) is 4.77. The van der Waals surface area contributed by atoms with Crippen LogP contribution in [0.4, 0.5) is 0 Å². The van der Waals surface area contributed by atoms with E-state index in [0.29, 0.717) is 45.6 Å². The third-order valence-corrected chi connectivity index (χ3v) is 7.42. The topological polar surface area (TPSA) is 95.5 Å². The minimum atomic E-state index is -0.622. The van der Waals surface area contributed by atoms with Gasteiger partial charge < -0.3 is 14.8 Å². The molecule has 0 saturated heterocycles. The quantitative estimate of drug-likeness (QED) is 0.524. The van der Waals surface area contributed by atoms with Gasteiger partial charge in [-0.05, 0) is 30.9 Å². The summed E-state index contributed by atoms with van der Waals surface area (Å²) < 4.78 is 4.84. The summed E-state index contributed by atoms with van der Waals surface area (Å²) >= 11 is 1.18. The molecule has 2 N–H and O–H groups in total. The van der Waals surface area contributed by atoms with Gasteiger partial charge >= 0.3 is 5.97 Å². The Balaban J connectivity index is 1.63. The van der Waals surface area contributed by atoms with E-state index in [2.05, 4.69) is 14.9 Å². The number of aliphatic hydroxyl groups is 1. The second-order valence-corrected chi connectivity index (χ2v) is 9.39. The Morgan fingerprint density at radius 2 is 2.00 bits per heavy atom. The Morgan fingerprint density at radius 3 is 2.69 bits per heavy atom. The Bertz CT molecular complexity index is 1140. The number of methoxy groups -OCH3 is 1. The summed E-state index contributed by atoms with van der Waals surface area (Å²) in [6.45, 7) is 2.64. The van der Waals surface area contributed by atoms with Crippen LogP contribution >= 0.6 is 11.3 Å². The van der Waals surface area contributed by atoms with E-state index >= 15 is 0 Å². The van der Waals surface area contributed by atoms with E-state index in [1.807, 2.05) is 30.3 Å². The highest BCUT2D eigenvalue weighted by molar-refractivity contribution is 7.20. The smallest absolute Gasteiger partial charge is 0.348 e. The predicted octanol–water partition coefficient (Wildman–Crippen LogP) is 3.95. The molecule has 1 aromatic carbocycles. The van der Waals surface area contributed by atoms with Crippen molar-refractivity contribution in [1.29, 1.82) is 0 Å². The number of aromatic amines is 1. The molecule has 1 saturated carbocycles. The van der Waals surface area contributed by atoms with Crippen LogP contribution in [0.1, 0.15) is 64.8 Å². The first-order valence-corrected chi connectivity index (χ1v) is 11.9. The zero-order chi connectivity index (χ0) is 22.7. The van der Waals surface area contributed by atoms with Crippen molar-refractivity contribution in [1.82, 2.24) is 14.9 Å². The van der Waals surface area contributed by atoms with Crippen LogP contribution in [0.5, 0.6) is 0 Å². The molecule has 1 fully saturated rings. The summed E-state index contributed by atoms with van der Waals surface area (Å²) in [5, 5.41) is 11.3. The zero-order valence-electron chi connectivity index (χ0n) is 18.5. The lowest BCUT2D eigenvalue weighted by atomic mass is 9.93. The molecule has 2 aromatic heterocycles. The fourth-order valence-electron chi connectivity index (χ4n) is 4.53. The fraction of sp³-hybridized carbons (Fsp3) is 0.458. The molecule has 0 radical (unpaired) electrons. The summed E-state index contributed by atoms with van der Waals surface area (Å²) in [7, 11) is 1.33. The van der Waals surface area contributed by atoms with Crippen molar-refractivity contribution in [2.45, 2.75) is 57.7 Å². The molecule has 32 heavy (non-hydrogen) atoms. The predicted molar refractivity (Wildman–Crippen MR) is 125 cm³/mol. The highest BCUT2D eigenvalue weighted by Crippen LogP contribution is 2.29. The highest BCUT2D eigenvalue weighted by atomic mass is 32.1. The lowest BCUT2D eigenvalue weighted by Crippen LogP contribution is -2.39. The van der Waals surface area contributed by atoms with Crippen molar-refractivity contribution in [3.8, 4) is 0 Å². The van der Waals surface area contributed by atoms with Gasteiger partial charge in [0.1, 0.15) is 15.5 Å². The monoisotopic (exact) mass is 455 g/mol. The summed E-state index contributed by atoms with van der Waals surface area (Å²) in [5.74, 6) is 0.0901. The normalized spacial score (nSPS) is 15.9. The van der Waals surface area contributed by atoms with Crippen LogP contribution in [0, 0.1) is 6.92 Å². The molecule has 170 valence electrons. The molecule has 1 aliphatic carbocycles. The maximum Gasteiger partial charge on any atom is 0.348 e. The average Bonchev–Trinajstić information content (AvgIpc) is 3.15. The van der Waals surface area contributed by atoms with E-state index in [9.17, 15) is 14.7 Å². The molecule has 3 aromatic rings. The number of carbonyl (C=O) groups is 1. The number of rotatable bonds is 7. The number of benzene rings is 1. The maximum absolute atomic E-state index is 12.8. The number of aryl methyl sites for hydroxylation is 1. The molecule has 0 spiro atoms. The number of H-pyrrole nitrogens is 1. The number of nitrogens with one attached hydrogen (secondary N) is 1. The number of carbonyl (C=O) groups excluding carboxylic acids is 1. The van der Waals surface area contributed by atoms with E-state index < -0.39 is 12.1 Å². The second kappa shape index (κ2) is 9.94. The first-order valence-electron chi connectivity index (χ1n) is 11.1. The molecule has 2 heterocycles. The maximum atomic E-state index is 12.8. The lowest BCUT2D eigenvalue weighted by Gasteiger charge is -2.35. The minimum Gasteiger partial charge on any atom is -0.465 e. The molecular formula is C24H29N3O4S. The molecule has 4 rings (SSSR count). The second-order valence-electron chi connectivity index (χ2n) is 8.39. The van der Waals surface area contributed by atoms with Gasteiger partial charge in [-0.25, -0.2) is 9.78 Å². The van der Waals surface area contributed by atoms with Crippen molar-refractivity contribution in [2.24, 2.45) is 0 Å². The number of hydrogen-bond acceptors (Lipinski definition) is 7. The number of thiophene rings is 1. The molecule has 0 bridgehead atoms. The van der Waals surface area contributed by atoms with E-state index in [4.69, 9.17) is 4.74 Å². The Kier molecular flexibility index (Phi) is 7.03. The van der Waals surface area contributed by atoms with Crippen molar-refractivity contribution >= 4 is 27.5 Å². The number of nitrogens with zero attached hydrogens (tertiary/aromatic N) is 2. The third-order valence-electron chi connectivity index (χ3n) is 6.26. The van der Waals surface area contributed by atoms with Crippen molar-refractivity contribution in [3.63, 3.8) is 0 Å². The summed E-state index contributed by atoms with van der Waals surface area (Å²) in [5.41, 5.74) is 1.23. The molecule has 7 nitrogen and oxygen atoms in total. The standard InChI is InChI=1S/C24H29N3O4S/c1-15-20-22(29)25-19(26-23(20)32-21(15)24(30)31-2)14-27(17-11-7-4-8-12-17)13-18(28)16-9-5-3-6-10-16/h3,5-6,9-10,17-18,28H,4,7-8,11-14H2,1-2H3,(H,25,26,29). The molecule has 1 aliphatic rings. The number of hydrogen-bond donors (Lipinski definition) is 2. The van der Waals surface area contributed by atoms with Gasteiger partial charge in [-0.1, -0.05) is 49.6 Å². The van der Waals surface area contributed by atoms with E-state index in [0.717, 1.165) is 31.2 Å². The summed E-state index contributed by atoms with van der Waals surface area (Å²) in [6.07, 6.45) is 5.08. The summed E-state index contributed by atoms with van der Waals surface area (Å²) in [4.78, 5) is 35.7. The first-order chi connectivity index (χ1) is 15.5. The largest absolute Gasteiger partial charge is 0.465 e. The van der Waals surface area contributed by atoms with Gasteiger partial charge in [-0.3, -0.25) is 9.69 Å². The van der Waals surface area contributed by atoms with Gasteiger partial charge in [0, 0.05) is 12.6 Å². The number of ether oxygens (including phenoxy) is 1. The Labute approximate surface area is 191 Å². The van der Waals surface area contributed by atoms with E-state index in [1.165, 1.54) is 24.9 Å².